The van der Waals surface area contributed by atoms with Gasteiger partial charge in [-0.25, -0.2) is 9.98 Å². The molecule has 34 heavy (non-hydrogen) atoms. The number of aliphatic imine (C=N–C) groups is 1. The molecule has 1 aliphatic rings. The van der Waals surface area contributed by atoms with Crippen molar-refractivity contribution < 1.29 is 12.6 Å². The van der Waals surface area contributed by atoms with Gasteiger partial charge >= 0.3 is 10.1 Å². The highest BCUT2D eigenvalue weighted by Gasteiger charge is 2.32. The van der Waals surface area contributed by atoms with Crippen molar-refractivity contribution in [3.8, 4) is 18.0 Å². The lowest BCUT2D eigenvalue weighted by molar-refractivity contribution is 0.481. The van der Waals surface area contributed by atoms with E-state index in [9.17, 15) is 13.7 Å². The molecule has 12 heteroatoms. The molecule has 170 valence electrons. The molecule has 3 aromatic rings. The number of nitrogens with one attached hydrogen (secondary N) is 2. The number of nitrogens with zero attached hydrogens (tertiary/aromatic N) is 4. The van der Waals surface area contributed by atoms with Crippen molar-refractivity contribution in [3.63, 3.8) is 0 Å². The number of nitriles is 2. The van der Waals surface area contributed by atoms with E-state index in [2.05, 4.69) is 20.6 Å². The van der Waals surface area contributed by atoms with Gasteiger partial charge in [0.05, 0.1) is 5.69 Å². The van der Waals surface area contributed by atoms with Crippen molar-refractivity contribution in [1.82, 2.24) is 10.3 Å². The molecule has 1 unspecified atom stereocenters. The number of pyridine rings is 1. The topological polar surface area (TPSA) is 192 Å². The van der Waals surface area contributed by atoms with E-state index in [-0.39, 0.29) is 45.1 Å². The summed E-state index contributed by atoms with van der Waals surface area (Å²) in [4.78, 5) is 8.62. The maximum atomic E-state index is 12.9. The summed E-state index contributed by atoms with van der Waals surface area (Å²) in [6, 6.07) is 13.5. The lowest BCUT2D eigenvalue weighted by atomic mass is 9.94. The fourth-order valence-corrected chi connectivity index (χ4v) is 4.41. The summed E-state index contributed by atoms with van der Waals surface area (Å²) in [6.07, 6.45) is 1.76. The fraction of sp³-hybridized carbons (Fsp3) is 0.0909. The number of nitrogen functional groups attached to an aromatic ring is 2. The van der Waals surface area contributed by atoms with Gasteiger partial charge in [-0.2, -0.15) is 18.9 Å². The first-order valence-electron chi connectivity index (χ1n) is 9.84. The Morgan fingerprint density at radius 1 is 1.12 bits per heavy atom. The van der Waals surface area contributed by atoms with E-state index in [1.807, 2.05) is 13.0 Å². The number of nitrogens with two attached hydrogens (primary N) is 2. The van der Waals surface area contributed by atoms with Gasteiger partial charge in [0, 0.05) is 11.1 Å². The third-order valence-electron chi connectivity index (χ3n) is 5.08. The average molecular weight is 475 g/mol. The lowest BCUT2D eigenvalue weighted by Gasteiger charge is -2.27. The average Bonchev–Trinajstić information content (AvgIpc) is 2.79. The molecular formula is C22H18N8O3S. The molecule has 4 rings (SSSR count). The molecule has 0 spiro atoms. The van der Waals surface area contributed by atoms with Gasteiger partial charge in [-0.3, -0.25) is 5.32 Å². The van der Waals surface area contributed by atoms with Gasteiger partial charge in [0.15, 0.2) is 6.19 Å². The maximum absolute atomic E-state index is 12.9. The van der Waals surface area contributed by atoms with Gasteiger partial charge < -0.3 is 21.0 Å². The molecule has 2 heterocycles. The zero-order valence-electron chi connectivity index (χ0n) is 17.8. The van der Waals surface area contributed by atoms with Crippen LogP contribution in [0.15, 0.2) is 58.4 Å². The second kappa shape index (κ2) is 8.61. The van der Waals surface area contributed by atoms with Crippen molar-refractivity contribution in [3.05, 3.63) is 70.8 Å². The normalized spacial score (nSPS) is 14.6. The highest BCUT2D eigenvalue weighted by atomic mass is 32.2. The zero-order valence-corrected chi connectivity index (χ0v) is 18.6. The molecule has 0 aliphatic carbocycles. The van der Waals surface area contributed by atoms with Crippen molar-refractivity contribution >= 4 is 33.4 Å². The number of guanidine groups is 1. The van der Waals surface area contributed by atoms with E-state index in [0.29, 0.717) is 5.56 Å². The van der Waals surface area contributed by atoms with Crippen LogP contribution in [0.2, 0.25) is 0 Å². The Kier molecular flexibility index (Phi) is 5.67. The molecule has 1 aliphatic heterocycles. The zero-order chi connectivity index (χ0) is 24.5. The molecule has 6 N–H and O–H groups in total. The van der Waals surface area contributed by atoms with Crippen LogP contribution >= 0.6 is 0 Å². The summed E-state index contributed by atoms with van der Waals surface area (Å²) < 4.78 is 31.4. The van der Waals surface area contributed by atoms with E-state index in [0.717, 1.165) is 5.56 Å². The summed E-state index contributed by atoms with van der Waals surface area (Å²) in [5.74, 6) is 0.0977. The Morgan fingerprint density at radius 2 is 1.82 bits per heavy atom. The number of aryl methyl sites for hydroxylation is 1. The number of anilines is 3. The second-order valence-electron chi connectivity index (χ2n) is 7.29. The first-order chi connectivity index (χ1) is 16.2. The Bertz CT molecular complexity index is 1500. The summed E-state index contributed by atoms with van der Waals surface area (Å²) in [5.41, 5.74) is 13.6. The van der Waals surface area contributed by atoms with Crippen molar-refractivity contribution in [1.29, 1.82) is 10.5 Å². The summed E-state index contributed by atoms with van der Waals surface area (Å²) in [7, 11) is -4.17. The molecular weight excluding hydrogens is 456 g/mol. The minimum atomic E-state index is -4.17. The quantitative estimate of drug-likeness (QED) is 0.247. The highest BCUT2D eigenvalue weighted by Crippen LogP contribution is 2.43. The van der Waals surface area contributed by atoms with Gasteiger partial charge in [0.2, 0.25) is 5.96 Å². The highest BCUT2D eigenvalue weighted by molar-refractivity contribution is 7.87. The smallest absolute Gasteiger partial charge is 0.339 e. The summed E-state index contributed by atoms with van der Waals surface area (Å²) >= 11 is 0. The molecule has 0 fully saturated rings. The van der Waals surface area contributed by atoms with Crippen LogP contribution in [-0.2, 0) is 10.1 Å². The molecule has 11 nitrogen and oxygen atoms in total. The van der Waals surface area contributed by atoms with E-state index in [4.69, 9.17) is 20.9 Å². The van der Waals surface area contributed by atoms with E-state index in [1.54, 1.807) is 36.5 Å². The van der Waals surface area contributed by atoms with Crippen molar-refractivity contribution in [2.24, 2.45) is 4.99 Å². The van der Waals surface area contributed by atoms with Gasteiger partial charge in [-0.1, -0.05) is 35.9 Å². The van der Waals surface area contributed by atoms with Crippen LogP contribution in [0.25, 0.3) is 0 Å². The molecule has 0 bridgehead atoms. The second-order valence-corrected chi connectivity index (χ2v) is 8.84. The van der Waals surface area contributed by atoms with Crippen LogP contribution in [0, 0.1) is 29.7 Å². The van der Waals surface area contributed by atoms with E-state index in [1.165, 1.54) is 18.2 Å². The van der Waals surface area contributed by atoms with Gasteiger partial charge in [-0.15, -0.1) is 0 Å². The van der Waals surface area contributed by atoms with E-state index >= 15 is 0 Å². The standard InChI is InChI=1S/C22H18N8O3S/c1-12-6-8-13(9-7-12)34(31,32)33-16-5-3-2-4-14(16)19-17-18(25)15(10-23)20(26)29-21(17)30-22(28-19)27-11-24/h2-9,19H,1H3,(H6,25,26,27,28,29,30). The van der Waals surface area contributed by atoms with Gasteiger partial charge in [0.25, 0.3) is 0 Å². The van der Waals surface area contributed by atoms with Crippen molar-refractivity contribution in [2.75, 3.05) is 16.8 Å². The third-order valence-corrected chi connectivity index (χ3v) is 6.33. The predicted molar refractivity (Wildman–Crippen MR) is 125 cm³/mol. The third kappa shape index (κ3) is 4.01. The molecule has 0 radical (unpaired) electrons. The van der Waals surface area contributed by atoms with Gasteiger partial charge in [0.1, 0.15) is 40.0 Å². The minimum Gasteiger partial charge on any atom is -0.397 e. The molecule has 1 atom stereocenters. The summed E-state index contributed by atoms with van der Waals surface area (Å²) in [5, 5.41) is 23.7. The molecule has 0 amide bonds. The molecule has 0 saturated carbocycles. The Balaban J connectivity index is 1.87. The van der Waals surface area contributed by atoms with Crippen LogP contribution in [0.1, 0.15) is 28.3 Å². The minimum absolute atomic E-state index is 0.00397. The Labute approximate surface area is 195 Å². The first kappa shape index (κ1) is 22.4. The Morgan fingerprint density at radius 3 is 2.50 bits per heavy atom. The van der Waals surface area contributed by atoms with Crippen LogP contribution in [0.5, 0.6) is 5.75 Å². The summed E-state index contributed by atoms with van der Waals surface area (Å²) in [6.45, 7) is 1.84. The number of para-hydroxylation sites is 1. The Hall–Kier alpha value is -4.81. The SMILES string of the molecule is Cc1ccc(S(=O)(=O)Oc2ccccc2C2N=C(NC#N)Nc3nc(N)c(C#N)c(N)c32)cc1. The number of aromatic nitrogens is 1. The fourth-order valence-electron chi connectivity index (χ4n) is 3.46. The maximum Gasteiger partial charge on any atom is 0.339 e. The number of benzene rings is 2. The predicted octanol–water partition coefficient (Wildman–Crippen LogP) is 2.14. The van der Waals surface area contributed by atoms with Gasteiger partial charge in [-0.05, 0) is 25.1 Å². The molecule has 2 aromatic carbocycles. The van der Waals surface area contributed by atoms with Crippen LogP contribution in [-0.4, -0.2) is 19.4 Å². The first-order valence-corrected chi connectivity index (χ1v) is 11.2. The van der Waals surface area contributed by atoms with Crippen LogP contribution < -0.4 is 26.3 Å². The van der Waals surface area contributed by atoms with E-state index < -0.39 is 16.2 Å². The van der Waals surface area contributed by atoms with Crippen LogP contribution in [0.4, 0.5) is 17.3 Å². The van der Waals surface area contributed by atoms with Crippen molar-refractivity contribution in [2.45, 2.75) is 17.9 Å². The lowest BCUT2D eigenvalue weighted by Crippen LogP contribution is -2.33. The number of rotatable bonds is 4. The number of fused-ring (bicyclic) bond motifs is 1. The monoisotopic (exact) mass is 474 g/mol. The van der Waals surface area contributed by atoms with Crippen LogP contribution in [0.3, 0.4) is 0 Å². The number of hydrogen-bond donors (Lipinski definition) is 4. The number of hydrogen-bond acceptors (Lipinski definition) is 11. The molecule has 0 saturated heterocycles. The molecule has 1 aromatic heterocycles. The largest absolute Gasteiger partial charge is 0.397 e.